The zero-order valence-corrected chi connectivity index (χ0v) is 12.0. The second kappa shape index (κ2) is 8.13. The van der Waals surface area contributed by atoms with Crippen LogP contribution in [-0.2, 0) is 4.74 Å². The van der Waals surface area contributed by atoms with Crippen molar-refractivity contribution in [1.82, 2.24) is 10.2 Å². The summed E-state index contributed by atoms with van der Waals surface area (Å²) in [5, 5.41) is 3.66. The van der Waals surface area contributed by atoms with Crippen LogP contribution in [-0.4, -0.2) is 49.8 Å². The minimum absolute atomic E-state index is 0.559. The first-order valence-electron chi connectivity index (χ1n) is 7.92. The molecule has 3 heteroatoms. The summed E-state index contributed by atoms with van der Waals surface area (Å²) in [6, 6.07) is 0.632. The van der Waals surface area contributed by atoms with Gasteiger partial charge >= 0.3 is 0 Å². The largest absolute Gasteiger partial charge is 0.378 e. The van der Waals surface area contributed by atoms with E-state index < -0.39 is 0 Å². The van der Waals surface area contributed by atoms with Crippen LogP contribution in [0.5, 0.6) is 0 Å². The van der Waals surface area contributed by atoms with Crippen LogP contribution >= 0.6 is 0 Å². The van der Waals surface area contributed by atoms with Gasteiger partial charge in [0.15, 0.2) is 0 Å². The molecule has 0 spiro atoms. The molecule has 0 aromatic heterocycles. The molecule has 106 valence electrons. The van der Waals surface area contributed by atoms with Gasteiger partial charge in [-0.3, -0.25) is 0 Å². The summed E-state index contributed by atoms with van der Waals surface area (Å²) in [5.41, 5.74) is 0. The first-order valence-corrected chi connectivity index (χ1v) is 7.92. The van der Waals surface area contributed by atoms with Crippen LogP contribution in [0.2, 0.25) is 0 Å². The van der Waals surface area contributed by atoms with Crippen LogP contribution in [0.4, 0.5) is 0 Å². The molecule has 0 radical (unpaired) electrons. The van der Waals surface area contributed by atoms with Crippen molar-refractivity contribution in [1.29, 1.82) is 0 Å². The molecule has 2 aliphatic heterocycles. The van der Waals surface area contributed by atoms with Crippen LogP contribution in [0.15, 0.2) is 0 Å². The Balaban J connectivity index is 1.47. The topological polar surface area (TPSA) is 24.5 Å². The van der Waals surface area contributed by atoms with Crippen LogP contribution in [0.25, 0.3) is 0 Å². The van der Waals surface area contributed by atoms with E-state index in [9.17, 15) is 0 Å². The Hall–Kier alpha value is -0.120. The molecule has 2 unspecified atom stereocenters. The first-order chi connectivity index (χ1) is 8.84. The highest BCUT2D eigenvalue weighted by Crippen LogP contribution is 2.16. The third kappa shape index (κ3) is 5.25. The van der Waals surface area contributed by atoms with Gasteiger partial charge in [0, 0.05) is 19.2 Å². The zero-order chi connectivity index (χ0) is 12.6. The molecule has 2 atom stereocenters. The minimum atomic E-state index is 0.559. The molecule has 18 heavy (non-hydrogen) atoms. The van der Waals surface area contributed by atoms with Crippen molar-refractivity contribution in [2.24, 2.45) is 0 Å². The van der Waals surface area contributed by atoms with E-state index in [0.717, 1.165) is 13.2 Å². The fourth-order valence-electron chi connectivity index (χ4n) is 3.14. The maximum absolute atomic E-state index is 5.65. The van der Waals surface area contributed by atoms with E-state index in [0.29, 0.717) is 12.1 Å². The van der Waals surface area contributed by atoms with Gasteiger partial charge in [-0.15, -0.1) is 0 Å². The third-order valence-corrected chi connectivity index (χ3v) is 4.20. The van der Waals surface area contributed by atoms with Crippen molar-refractivity contribution in [2.45, 2.75) is 64.0 Å². The van der Waals surface area contributed by atoms with Gasteiger partial charge in [-0.25, -0.2) is 0 Å². The maximum atomic E-state index is 5.65. The van der Waals surface area contributed by atoms with Gasteiger partial charge in [0.1, 0.15) is 0 Å². The highest BCUT2D eigenvalue weighted by atomic mass is 16.5. The predicted molar refractivity (Wildman–Crippen MR) is 76.0 cm³/mol. The summed E-state index contributed by atoms with van der Waals surface area (Å²) in [4.78, 5) is 2.61. The third-order valence-electron chi connectivity index (χ3n) is 4.20. The van der Waals surface area contributed by atoms with Crippen molar-refractivity contribution in [3.05, 3.63) is 0 Å². The van der Waals surface area contributed by atoms with Gasteiger partial charge in [-0.1, -0.05) is 6.42 Å². The number of ether oxygens (including phenoxy) is 1. The van der Waals surface area contributed by atoms with Crippen molar-refractivity contribution in [2.75, 3.05) is 32.8 Å². The quantitative estimate of drug-likeness (QED) is 0.706. The number of hydrogen-bond acceptors (Lipinski definition) is 3. The molecule has 0 aromatic carbocycles. The molecule has 0 bridgehead atoms. The molecule has 0 aliphatic carbocycles. The van der Waals surface area contributed by atoms with Crippen molar-refractivity contribution in [3.63, 3.8) is 0 Å². The average Bonchev–Trinajstić information content (AvgIpc) is 2.89. The van der Waals surface area contributed by atoms with Gasteiger partial charge in [-0.2, -0.15) is 0 Å². The standard InChI is InChI=1S/C15H30N2O/c1-14(13-17-10-3-2-4-11-17)16-9-5-7-15-8-6-12-18-15/h14-16H,2-13H2,1H3. The van der Waals surface area contributed by atoms with E-state index in [1.807, 2.05) is 0 Å². The normalized spacial score (nSPS) is 27.5. The lowest BCUT2D eigenvalue weighted by atomic mass is 10.1. The number of likely N-dealkylation sites (tertiary alicyclic amines) is 1. The number of piperidine rings is 1. The maximum Gasteiger partial charge on any atom is 0.0576 e. The number of hydrogen-bond donors (Lipinski definition) is 1. The summed E-state index contributed by atoms with van der Waals surface area (Å²) in [6.07, 6.45) is 9.83. The summed E-state index contributed by atoms with van der Waals surface area (Å²) in [5.74, 6) is 0. The van der Waals surface area contributed by atoms with E-state index >= 15 is 0 Å². The number of rotatable bonds is 7. The molecule has 0 aromatic rings. The molecule has 2 fully saturated rings. The molecule has 0 saturated carbocycles. The highest BCUT2D eigenvalue weighted by Gasteiger charge is 2.15. The van der Waals surface area contributed by atoms with Crippen LogP contribution < -0.4 is 5.32 Å². The van der Waals surface area contributed by atoms with Gasteiger partial charge in [0.25, 0.3) is 0 Å². The Kier molecular flexibility index (Phi) is 6.46. The van der Waals surface area contributed by atoms with E-state index in [4.69, 9.17) is 4.74 Å². The molecule has 1 N–H and O–H groups in total. The summed E-state index contributed by atoms with van der Waals surface area (Å²) < 4.78 is 5.65. The van der Waals surface area contributed by atoms with Crippen LogP contribution in [0.1, 0.15) is 51.9 Å². The van der Waals surface area contributed by atoms with Gasteiger partial charge < -0.3 is 15.0 Å². The second-order valence-corrected chi connectivity index (χ2v) is 5.99. The van der Waals surface area contributed by atoms with E-state index in [1.54, 1.807) is 0 Å². The Morgan fingerprint density at radius 3 is 2.78 bits per heavy atom. The lowest BCUT2D eigenvalue weighted by molar-refractivity contribution is 0.102. The van der Waals surface area contributed by atoms with E-state index in [1.165, 1.54) is 64.6 Å². The lowest BCUT2D eigenvalue weighted by Gasteiger charge is -2.29. The van der Waals surface area contributed by atoms with Crippen molar-refractivity contribution < 1.29 is 4.74 Å². The summed E-state index contributed by atoms with van der Waals surface area (Å²) in [7, 11) is 0. The molecular weight excluding hydrogens is 224 g/mol. The number of nitrogens with zero attached hydrogens (tertiary/aromatic N) is 1. The average molecular weight is 254 g/mol. The fraction of sp³-hybridized carbons (Fsp3) is 1.00. The summed E-state index contributed by atoms with van der Waals surface area (Å²) in [6.45, 7) is 8.29. The van der Waals surface area contributed by atoms with Crippen LogP contribution in [0, 0.1) is 0 Å². The van der Waals surface area contributed by atoms with Crippen LogP contribution in [0.3, 0.4) is 0 Å². The molecule has 2 rings (SSSR count). The highest BCUT2D eigenvalue weighted by molar-refractivity contribution is 4.72. The molecule has 2 aliphatic rings. The molecule has 0 amide bonds. The Bertz CT molecular complexity index is 211. The molecular formula is C15H30N2O. The monoisotopic (exact) mass is 254 g/mol. The van der Waals surface area contributed by atoms with E-state index in [-0.39, 0.29) is 0 Å². The molecule has 3 nitrogen and oxygen atoms in total. The van der Waals surface area contributed by atoms with Crippen molar-refractivity contribution >= 4 is 0 Å². The minimum Gasteiger partial charge on any atom is -0.378 e. The zero-order valence-electron chi connectivity index (χ0n) is 12.0. The van der Waals surface area contributed by atoms with Crippen molar-refractivity contribution in [3.8, 4) is 0 Å². The smallest absolute Gasteiger partial charge is 0.0576 e. The van der Waals surface area contributed by atoms with Gasteiger partial charge in [0.2, 0.25) is 0 Å². The Labute approximate surface area is 112 Å². The predicted octanol–water partition coefficient (Wildman–Crippen LogP) is 2.41. The Morgan fingerprint density at radius 1 is 1.22 bits per heavy atom. The Morgan fingerprint density at radius 2 is 2.06 bits per heavy atom. The van der Waals surface area contributed by atoms with E-state index in [2.05, 4.69) is 17.1 Å². The lowest BCUT2D eigenvalue weighted by Crippen LogP contribution is -2.41. The second-order valence-electron chi connectivity index (χ2n) is 5.99. The first kappa shape index (κ1) is 14.3. The van der Waals surface area contributed by atoms with Gasteiger partial charge in [-0.05, 0) is 65.1 Å². The summed E-state index contributed by atoms with van der Waals surface area (Å²) >= 11 is 0. The SMILES string of the molecule is CC(CN1CCCCC1)NCCCC1CCCO1. The number of nitrogens with one attached hydrogen (secondary N) is 1. The van der Waals surface area contributed by atoms with Gasteiger partial charge in [0.05, 0.1) is 6.10 Å². The molecule has 2 heterocycles. The molecule has 2 saturated heterocycles. The fourth-order valence-corrected chi connectivity index (χ4v) is 3.14.